The molecule has 0 fully saturated rings. The molecule has 6 nitrogen and oxygen atoms in total. The van der Waals surface area contributed by atoms with Crippen molar-refractivity contribution in [3.05, 3.63) is 23.8 Å². The molecule has 1 aromatic carbocycles. The van der Waals surface area contributed by atoms with E-state index in [1.165, 1.54) is 13.2 Å². The summed E-state index contributed by atoms with van der Waals surface area (Å²) >= 11 is 0. The first-order chi connectivity index (χ1) is 9.64. The summed E-state index contributed by atoms with van der Waals surface area (Å²) < 4.78 is 41.9. The third-order valence-electron chi connectivity index (χ3n) is 2.42. The van der Waals surface area contributed by atoms with E-state index < -0.39 is 42.5 Å². The van der Waals surface area contributed by atoms with E-state index in [0.29, 0.717) is 0 Å². The van der Waals surface area contributed by atoms with Crippen molar-refractivity contribution in [2.24, 2.45) is 0 Å². The van der Waals surface area contributed by atoms with Gasteiger partial charge in [0.05, 0.1) is 12.7 Å². The molecule has 0 spiro atoms. The minimum absolute atomic E-state index is 0.0872. The van der Waals surface area contributed by atoms with Crippen molar-refractivity contribution in [2.45, 2.75) is 6.18 Å². The van der Waals surface area contributed by atoms with Crippen molar-refractivity contribution in [3.63, 3.8) is 0 Å². The number of nitrogens with zero attached hydrogens (tertiary/aromatic N) is 1. The van der Waals surface area contributed by atoms with Crippen LogP contribution in [0.15, 0.2) is 18.2 Å². The van der Waals surface area contributed by atoms with Gasteiger partial charge < -0.3 is 19.8 Å². The Hall–Kier alpha value is -2.45. The Labute approximate surface area is 117 Å². The number of hydrogen-bond donors (Lipinski definition) is 2. The molecule has 21 heavy (non-hydrogen) atoms. The molecule has 0 bridgehead atoms. The van der Waals surface area contributed by atoms with Gasteiger partial charge in [-0.1, -0.05) is 0 Å². The average Bonchev–Trinajstić information content (AvgIpc) is 2.34. The van der Waals surface area contributed by atoms with Crippen LogP contribution in [0.5, 0.6) is 11.5 Å². The lowest BCUT2D eigenvalue weighted by atomic mass is 10.1. The number of aromatic hydroxyl groups is 1. The zero-order valence-corrected chi connectivity index (χ0v) is 10.8. The monoisotopic (exact) mass is 307 g/mol. The minimum Gasteiger partial charge on any atom is -0.507 e. The fourth-order valence-electron chi connectivity index (χ4n) is 1.57. The zero-order chi connectivity index (χ0) is 16.2. The second-order valence-electron chi connectivity index (χ2n) is 4.05. The maximum Gasteiger partial charge on any atom is 0.406 e. The van der Waals surface area contributed by atoms with E-state index >= 15 is 0 Å². The molecule has 1 aromatic rings. The maximum absolute atomic E-state index is 12.4. The second-order valence-corrected chi connectivity index (χ2v) is 4.05. The maximum atomic E-state index is 12.4. The molecule has 0 aromatic heterocycles. The highest BCUT2D eigenvalue weighted by Gasteiger charge is 2.35. The van der Waals surface area contributed by atoms with Gasteiger partial charge in [-0.3, -0.25) is 9.59 Å². The number of halogens is 3. The summed E-state index contributed by atoms with van der Waals surface area (Å²) in [6, 6.07) is 3.36. The van der Waals surface area contributed by atoms with E-state index in [9.17, 15) is 27.9 Å². The Balaban J connectivity index is 3.07. The topological polar surface area (TPSA) is 87.1 Å². The average molecular weight is 307 g/mol. The number of carboxylic acids is 1. The third kappa shape index (κ3) is 4.86. The molecule has 0 aliphatic heterocycles. The highest BCUT2D eigenvalue weighted by Crippen LogP contribution is 2.26. The van der Waals surface area contributed by atoms with E-state index in [2.05, 4.69) is 0 Å². The largest absolute Gasteiger partial charge is 0.507 e. The molecule has 0 atom stereocenters. The van der Waals surface area contributed by atoms with Crippen molar-refractivity contribution in [1.29, 1.82) is 0 Å². The van der Waals surface area contributed by atoms with Crippen LogP contribution in [0.4, 0.5) is 13.2 Å². The number of alkyl halides is 3. The summed E-state index contributed by atoms with van der Waals surface area (Å²) in [6.07, 6.45) is -4.76. The lowest BCUT2D eigenvalue weighted by Crippen LogP contribution is -2.42. The highest BCUT2D eigenvalue weighted by atomic mass is 19.4. The lowest BCUT2D eigenvalue weighted by molar-refractivity contribution is -0.149. The number of amides is 1. The van der Waals surface area contributed by atoms with Crippen LogP contribution >= 0.6 is 0 Å². The Morgan fingerprint density at radius 1 is 1.33 bits per heavy atom. The number of carboxylic acid groups (broad SMARTS) is 1. The molecular formula is C12H12F3NO5. The van der Waals surface area contributed by atoms with Gasteiger partial charge >= 0.3 is 12.1 Å². The lowest BCUT2D eigenvalue weighted by Gasteiger charge is -2.22. The van der Waals surface area contributed by atoms with E-state index in [1.54, 1.807) is 0 Å². The van der Waals surface area contributed by atoms with Gasteiger partial charge in [0.2, 0.25) is 0 Å². The van der Waals surface area contributed by atoms with Gasteiger partial charge in [0.25, 0.3) is 5.91 Å². The Bertz CT molecular complexity index is 544. The van der Waals surface area contributed by atoms with Crippen LogP contribution in [-0.2, 0) is 4.79 Å². The van der Waals surface area contributed by atoms with E-state index in [4.69, 9.17) is 9.84 Å². The number of benzene rings is 1. The SMILES string of the molecule is COc1ccc(C(=O)N(CC(=O)O)CC(F)(F)F)c(O)c1. The van der Waals surface area contributed by atoms with Crippen molar-refractivity contribution in [2.75, 3.05) is 20.2 Å². The number of rotatable bonds is 5. The van der Waals surface area contributed by atoms with Crippen LogP contribution in [0.25, 0.3) is 0 Å². The van der Waals surface area contributed by atoms with Crippen molar-refractivity contribution in [3.8, 4) is 11.5 Å². The van der Waals surface area contributed by atoms with Gasteiger partial charge in [-0.25, -0.2) is 0 Å². The molecule has 0 saturated heterocycles. The number of aliphatic carboxylic acids is 1. The molecule has 116 valence electrons. The fraction of sp³-hybridized carbons (Fsp3) is 0.333. The van der Waals surface area contributed by atoms with Gasteiger partial charge in [-0.05, 0) is 12.1 Å². The molecule has 0 aliphatic rings. The van der Waals surface area contributed by atoms with Gasteiger partial charge in [0.15, 0.2) is 0 Å². The Kier molecular flexibility index (Phi) is 5.01. The molecule has 0 heterocycles. The first-order valence-corrected chi connectivity index (χ1v) is 5.59. The Morgan fingerprint density at radius 2 is 1.95 bits per heavy atom. The predicted octanol–water partition coefficient (Wildman–Crippen LogP) is 1.49. The molecule has 0 saturated carbocycles. The van der Waals surface area contributed by atoms with Crippen LogP contribution in [0.1, 0.15) is 10.4 Å². The van der Waals surface area contributed by atoms with Crippen LogP contribution in [0, 0.1) is 0 Å². The normalized spacial score (nSPS) is 11.0. The highest BCUT2D eigenvalue weighted by molar-refractivity contribution is 5.98. The van der Waals surface area contributed by atoms with Crippen molar-refractivity contribution in [1.82, 2.24) is 4.90 Å². The first kappa shape index (κ1) is 16.6. The number of methoxy groups -OCH3 is 1. The Morgan fingerprint density at radius 3 is 2.38 bits per heavy atom. The number of phenols is 1. The second kappa shape index (κ2) is 6.33. The van der Waals surface area contributed by atoms with Crippen molar-refractivity contribution < 1.29 is 37.7 Å². The van der Waals surface area contributed by atoms with Crippen LogP contribution in [0.3, 0.4) is 0 Å². The summed E-state index contributed by atoms with van der Waals surface area (Å²) in [5, 5.41) is 18.2. The quantitative estimate of drug-likeness (QED) is 0.860. The predicted molar refractivity (Wildman–Crippen MR) is 64.3 cm³/mol. The smallest absolute Gasteiger partial charge is 0.406 e. The number of carbonyl (C=O) groups excluding carboxylic acids is 1. The number of phenolic OH excluding ortho intramolecular Hbond substituents is 1. The summed E-state index contributed by atoms with van der Waals surface area (Å²) in [5.74, 6) is -3.24. The van der Waals surface area contributed by atoms with Gasteiger partial charge in [0, 0.05) is 6.07 Å². The van der Waals surface area contributed by atoms with Gasteiger partial charge in [-0.2, -0.15) is 13.2 Å². The van der Waals surface area contributed by atoms with Crippen LogP contribution < -0.4 is 4.74 Å². The zero-order valence-electron chi connectivity index (χ0n) is 10.8. The fourth-order valence-corrected chi connectivity index (χ4v) is 1.57. The number of hydrogen-bond acceptors (Lipinski definition) is 4. The summed E-state index contributed by atoms with van der Waals surface area (Å²) in [7, 11) is 1.30. The number of ether oxygens (including phenoxy) is 1. The summed E-state index contributed by atoms with van der Waals surface area (Å²) in [4.78, 5) is 22.6. The van der Waals surface area contributed by atoms with E-state index in [0.717, 1.165) is 12.1 Å². The van der Waals surface area contributed by atoms with E-state index in [1.807, 2.05) is 0 Å². The first-order valence-electron chi connectivity index (χ1n) is 5.59. The number of carbonyl (C=O) groups is 2. The molecule has 0 unspecified atom stereocenters. The van der Waals surface area contributed by atoms with Crippen LogP contribution in [-0.4, -0.2) is 53.4 Å². The van der Waals surface area contributed by atoms with E-state index in [-0.39, 0.29) is 10.6 Å². The van der Waals surface area contributed by atoms with Crippen LogP contribution in [0.2, 0.25) is 0 Å². The molecule has 0 aliphatic carbocycles. The standard InChI is InChI=1S/C12H12F3NO5/c1-21-7-2-3-8(9(17)4-7)11(20)16(5-10(18)19)6-12(13,14)15/h2-4,17H,5-6H2,1H3,(H,18,19). The summed E-state index contributed by atoms with van der Waals surface area (Å²) in [5.41, 5.74) is -0.443. The van der Waals surface area contributed by atoms with Gasteiger partial charge in [-0.15, -0.1) is 0 Å². The van der Waals surface area contributed by atoms with Gasteiger partial charge in [0.1, 0.15) is 24.6 Å². The third-order valence-corrected chi connectivity index (χ3v) is 2.42. The minimum atomic E-state index is -4.76. The summed E-state index contributed by atoms with van der Waals surface area (Å²) in [6.45, 7) is -2.87. The molecular weight excluding hydrogens is 295 g/mol. The molecule has 0 radical (unpaired) electrons. The molecule has 1 amide bonds. The van der Waals surface area contributed by atoms with Crippen molar-refractivity contribution >= 4 is 11.9 Å². The molecule has 1 rings (SSSR count). The molecule has 2 N–H and O–H groups in total. The molecule has 9 heteroatoms.